The Morgan fingerprint density at radius 2 is 1.90 bits per heavy atom. The van der Waals surface area contributed by atoms with E-state index in [1.807, 2.05) is 56.3 Å². The van der Waals surface area contributed by atoms with Crippen molar-refractivity contribution < 1.29 is 4.79 Å². The molecule has 4 heteroatoms. The quantitative estimate of drug-likeness (QED) is 0.766. The van der Waals surface area contributed by atoms with Crippen LogP contribution in [0.2, 0.25) is 0 Å². The summed E-state index contributed by atoms with van der Waals surface area (Å²) in [5.41, 5.74) is 3.86. The fraction of sp³-hybridized carbons (Fsp3) is 0.125. The zero-order valence-corrected chi connectivity index (χ0v) is 12.1. The van der Waals surface area contributed by atoms with Gasteiger partial charge in [0.05, 0.1) is 10.2 Å². The van der Waals surface area contributed by atoms with Gasteiger partial charge in [-0.25, -0.2) is 4.98 Å². The number of thiazole rings is 1. The number of aryl methyl sites for hydroxylation is 2. The molecule has 0 atom stereocenters. The normalized spacial score (nSPS) is 10.7. The number of fused-ring (bicyclic) bond motifs is 1. The molecule has 0 aliphatic carbocycles. The molecular weight excluding hydrogens is 268 g/mol. The van der Waals surface area contributed by atoms with Crippen LogP contribution in [0.5, 0.6) is 0 Å². The van der Waals surface area contributed by atoms with Crippen molar-refractivity contribution in [3.63, 3.8) is 0 Å². The van der Waals surface area contributed by atoms with E-state index >= 15 is 0 Å². The second-order valence-electron chi connectivity index (χ2n) is 4.74. The fourth-order valence-corrected chi connectivity index (χ4v) is 2.84. The molecule has 3 aromatic rings. The molecule has 0 unspecified atom stereocenters. The molecule has 0 saturated heterocycles. The van der Waals surface area contributed by atoms with Gasteiger partial charge in [0, 0.05) is 5.56 Å². The number of hydrogen-bond acceptors (Lipinski definition) is 3. The summed E-state index contributed by atoms with van der Waals surface area (Å²) in [6, 6.07) is 13.5. The van der Waals surface area contributed by atoms with Crippen molar-refractivity contribution in [1.29, 1.82) is 0 Å². The highest BCUT2D eigenvalue weighted by atomic mass is 32.1. The van der Waals surface area contributed by atoms with Gasteiger partial charge in [-0.05, 0) is 49.2 Å². The molecule has 0 aliphatic heterocycles. The zero-order chi connectivity index (χ0) is 14.1. The summed E-state index contributed by atoms with van der Waals surface area (Å²) >= 11 is 1.48. The van der Waals surface area contributed by atoms with E-state index < -0.39 is 0 Å². The van der Waals surface area contributed by atoms with Gasteiger partial charge in [-0.15, -0.1) is 0 Å². The second-order valence-corrected chi connectivity index (χ2v) is 5.77. The first kappa shape index (κ1) is 12.8. The second kappa shape index (κ2) is 5.06. The minimum atomic E-state index is -0.118. The van der Waals surface area contributed by atoms with Crippen LogP contribution in [0.15, 0.2) is 42.5 Å². The lowest BCUT2D eigenvalue weighted by Gasteiger charge is -2.04. The number of aromatic nitrogens is 1. The molecule has 0 radical (unpaired) electrons. The number of carbonyl (C=O) groups is 1. The van der Waals surface area contributed by atoms with E-state index in [9.17, 15) is 4.79 Å². The number of anilines is 1. The lowest BCUT2D eigenvalue weighted by molar-refractivity contribution is 0.102. The Morgan fingerprint density at radius 3 is 2.65 bits per heavy atom. The minimum Gasteiger partial charge on any atom is -0.298 e. The Hall–Kier alpha value is -2.20. The van der Waals surface area contributed by atoms with Gasteiger partial charge in [-0.2, -0.15) is 0 Å². The molecule has 0 saturated carbocycles. The van der Waals surface area contributed by atoms with Crippen LogP contribution >= 0.6 is 11.3 Å². The van der Waals surface area contributed by atoms with Crippen LogP contribution in [0.4, 0.5) is 5.13 Å². The average Bonchev–Trinajstić information content (AvgIpc) is 2.83. The number of rotatable bonds is 2. The lowest BCUT2D eigenvalue weighted by Crippen LogP contribution is -2.11. The largest absolute Gasteiger partial charge is 0.298 e. The Morgan fingerprint density at radius 1 is 1.10 bits per heavy atom. The molecule has 1 heterocycles. The molecule has 0 bridgehead atoms. The lowest BCUT2D eigenvalue weighted by atomic mass is 10.1. The number of para-hydroxylation sites is 1. The molecule has 3 rings (SSSR count). The number of nitrogens with one attached hydrogen (secondary N) is 1. The Labute approximate surface area is 121 Å². The van der Waals surface area contributed by atoms with Gasteiger partial charge in [0.1, 0.15) is 0 Å². The maximum absolute atomic E-state index is 12.2. The maximum Gasteiger partial charge on any atom is 0.257 e. The van der Waals surface area contributed by atoms with Gasteiger partial charge in [0.15, 0.2) is 5.13 Å². The molecule has 0 spiro atoms. The molecule has 0 aliphatic rings. The molecule has 2 aromatic carbocycles. The molecule has 1 amide bonds. The smallest absolute Gasteiger partial charge is 0.257 e. The summed E-state index contributed by atoms with van der Waals surface area (Å²) in [5, 5.41) is 3.50. The molecule has 1 N–H and O–H groups in total. The topological polar surface area (TPSA) is 42.0 Å². The molecule has 3 nitrogen and oxygen atoms in total. The van der Waals surface area contributed by atoms with Gasteiger partial charge in [0.25, 0.3) is 5.91 Å². The van der Waals surface area contributed by atoms with Crippen LogP contribution in [0, 0.1) is 13.8 Å². The van der Waals surface area contributed by atoms with Crippen molar-refractivity contribution in [2.24, 2.45) is 0 Å². The number of hydrogen-bond donors (Lipinski definition) is 1. The summed E-state index contributed by atoms with van der Waals surface area (Å²) < 4.78 is 1.07. The van der Waals surface area contributed by atoms with E-state index in [0.29, 0.717) is 10.7 Å². The van der Waals surface area contributed by atoms with E-state index in [1.54, 1.807) is 0 Å². The van der Waals surface area contributed by atoms with Crippen LogP contribution in [0.3, 0.4) is 0 Å². The van der Waals surface area contributed by atoms with Crippen molar-refractivity contribution in [1.82, 2.24) is 4.98 Å². The number of carbonyl (C=O) groups excluding carboxylic acids is 1. The Bertz CT molecular complexity index is 759. The van der Waals surface area contributed by atoms with Gasteiger partial charge in [-0.3, -0.25) is 10.1 Å². The highest BCUT2D eigenvalue weighted by molar-refractivity contribution is 7.22. The van der Waals surface area contributed by atoms with Crippen molar-refractivity contribution in [2.75, 3.05) is 5.32 Å². The Kier molecular flexibility index (Phi) is 3.24. The Balaban J connectivity index is 1.86. The molecule has 0 fully saturated rings. The number of benzene rings is 2. The molecule has 20 heavy (non-hydrogen) atoms. The van der Waals surface area contributed by atoms with Crippen molar-refractivity contribution in [3.05, 3.63) is 59.2 Å². The van der Waals surface area contributed by atoms with Crippen molar-refractivity contribution in [3.8, 4) is 0 Å². The number of nitrogens with zero attached hydrogens (tertiary/aromatic N) is 1. The predicted molar refractivity (Wildman–Crippen MR) is 83.5 cm³/mol. The SMILES string of the molecule is Cc1ccc(C(=O)Nc2nc3ccccc3s2)cc1C. The van der Waals surface area contributed by atoms with E-state index in [0.717, 1.165) is 15.8 Å². The van der Waals surface area contributed by atoms with Crippen LogP contribution in [-0.2, 0) is 0 Å². The third kappa shape index (κ3) is 2.42. The average molecular weight is 282 g/mol. The first-order chi connectivity index (χ1) is 9.63. The van der Waals surface area contributed by atoms with E-state index in [1.165, 1.54) is 16.9 Å². The fourth-order valence-electron chi connectivity index (χ4n) is 1.98. The summed E-state index contributed by atoms with van der Waals surface area (Å²) in [5.74, 6) is -0.118. The third-order valence-corrected chi connectivity index (χ3v) is 4.24. The van der Waals surface area contributed by atoms with Crippen LogP contribution in [-0.4, -0.2) is 10.9 Å². The highest BCUT2D eigenvalue weighted by Gasteiger charge is 2.10. The van der Waals surface area contributed by atoms with Gasteiger partial charge in [-0.1, -0.05) is 29.5 Å². The van der Waals surface area contributed by atoms with Crippen LogP contribution < -0.4 is 5.32 Å². The zero-order valence-electron chi connectivity index (χ0n) is 11.3. The van der Waals surface area contributed by atoms with E-state index in [2.05, 4.69) is 10.3 Å². The molecule has 100 valence electrons. The van der Waals surface area contributed by atoms with Gasteiger partial charge in [0.2, 0.25) is 0 Å². The molecular formula is C16H14N2OS. The summed E-state index contributed by atoms with van der Waals surface area (Å²) in [6.07, 6.45) is 0. The highest BCUT2D eigenvalue weighted by Crippen LogP contribution is 2.25. The van der Waals surface area contributed by atoms with Crippen molar-refractivity contribution >= 4 is 32.6 Å². The predicted octanol–water partition coefficient (Wildman–Crippen LogP) is 4.17. The maximum atomic E-state index is 12.2. The summed E-state index contributed by atoms with van der Waals surface area (Å²) in [4.78, 5) is 16.6. The standard InChI is InChI=1S/C16H14N2OS/c1-10-7-8-12(9-11(10)2)15(19)18-16-17-13-5-3-4-6-14(13)20-16/h3-9H,1-2H3,(H,17,18,19). The summed E-state index contributed by atoms with van der Waals surface area (Å²) in [7, 11) is 0. The van der Waals surface area contributed by atoms with Gasteiger partial charge >= 0.3 is 0 Å². The monoisotopic (exact) mass is 282 g/mol. The first-order valence-corrected chi connectivity index (χ1v) is 7.19. The third-order valence-electron chi connectivity index (χ3n) is 3.28. The minimum absolute atomic E-state index is 0.118. The van der Waals surface area contributed by atoms with E-state index in [-0.39, 0.29) is 5.91 Å². The first-order valence-electron chi connectivity index (χ1n) is 6.37. The summed E-state index contributed by atoms with van der Waals surface area (Å²) in [6.45, 7) is 4.04. The van der Waals surface area contributed by atoms with Gasteiger partial charge < -0.3 is 0 Å². The molecule has 1 aromatic heterocycles. The number of amides is 1. The van der Waals surface area contributed by atoms with E-state index in [4.69, 9.17) is 0 Å². The van der Waals surface area contributed by atoms with Crippen LogP contribution in [0.1, 0.15) is 21.5 Å². The van der Waals surface area contributed by atoms with Crippen LogP contribution in [0.25, 0.3) is 10.2 Å². The van der Waals surface area contributed by atoms with Crippen molar-refractivity contribution in [2.45, 2.75) is 13.8 Å².